The van der Waals surface area contributed by atoms with Gasteiger partial charge in [-0.3, -0.25) is 4.79 Å². The Hall–Kier alpha value is -2.18. The molecule has 1 N–H and O–H groups in total. The molecule has 2 aromatic carbocycles. The van der Waals surface area contributed by atoms with Gasteiger partial charge in [0.25, 0.3) is 0 Å². The maximum atomic E-state index is 12.8. The van der Waals surface area contributed by atoms with Crippen LogP contribution in [0.3, 0.4) is 0 Å². The maximum Gasteiger partial charge on any atom is 0.243 e. The summed E-state index contributed by atoms with van der Waals surface area (Å²) in [5.74, 6) is -0.154. The molecule has 0 saturated carbocycles. The molecule has 6 heteroatoms. The second-order valence-electron chi connectivity index (χ2n) is 8.01. The van der Waals surface area contributed by atoms with Crippen LogP contribution >= 0.6 is 0 Å². The molecule has 2 aromatic rings. The second-order valence-corrected chi connectivity index (χ2v) is 9.95. The van der Waals surface area contributed by atoms with Gasteiger partial charge in [-0.1, -0.05) is 30.3 Å². The maximum absolute atomic E-state index is 12.8. The van der Waals surface area contributed by atoms with E-state index in [9.17, 15) is 13.2 Å². The predicted octanol–water partition coefficient (Wildman–Crippen LogP) is 3.89. The fourth-order valence-electron chi connectivity index (χ4n) is 3.96. The molecule has 1 saturated heterocycles. The number of benzene rings is 2. The van der Waals surface area contributed by atoms with Gasteiger partial charge in [-0.2, -0.15) is 4.31 Å². The molecule has 3 rings (SSSR count). The van der Waals surface area contributed by atoms with E-state index in [4.69, 9.17) is 0 Å². The zero-order valence-corrected chi connectivity index (χ0v) is 18.4. The van der Waals surface area contributed by atoms with Crippen molar-refractivity contribution in [3.63, 3.8) is 0 Å². The van der Waals surface area contributed by atoms with E-state index in [-0.39, 0.29) is 17.9 Å². The minimum atomic E-state index is -3.49. The van der Waals surface area contributed by atoms with Crippen LogP contribution in [-0.2, 0) is 14.8 Å². The molecule has 1 amide bonds. The highest BCUT2D eigenvalue weighted by Gasteiger charge is 2.32. The Morgan fingerprint density at radius 1 is 1.00 bits per heavy atom. The fourth-order valence-corrected chi connectivity index (χ4v) is 5.45. The minimum Gasteiger partial charge on any atom is -0.349 e. The largest absolute Gasteiger partial charge is 0.349 e. The first-order valence-electron chi connectivity index (χ1n) is 10.1. The highest BCUT2D eigenvalue weighted by atomic mass is 32.2. The van der Waals surface area contributed by atoms with Crippen molar-refractivity contribution in [2.24, 2.45) is 5.92 Å². The van der Waals surface area contributed by atoms with Crippen LogP contribution in [0.2, 0.25) is 0 Å². The first kappa shape index (κ1) is 21.5. The average Bonchev–Trinajstić information content (AvgIpc) is 2.71. The van der Waals surface area contributed by atoms with Crippen LogP contribution in [0.25, 0.3) is 0 Å². The van der Waals surface area contributed by atoms with E-state index in [2.05, 4.69) is 38.2 Å². The van der Waals surface area contributed by atoms with Gasteiger partial charge in [-0.25, -0.2) is 8.42 Å². The van der Waals surface area contributed by atoms with E-state index in [0.717, 1.165) is 5.56 Å². The van der Waals surface area contributed by atoms with E-state index < -0.39 is 10.0 Å². The normalized spacial score (nSPS) is 17.1. The highest BCUT2D eigenvalue weighted by Crippen LogP contribution is 2.26. The Bertz CT molecular complexity index is 979. The van der Waals surface area contributed by atoms with Crippen molar-refractivity contribution in [2.75, 3.05) is 13.1 Å². The molecule has 1 aliphatic rings. The molecule has 156 valence electrons. The molecule has 1 heterocycles. The smallest absolute Gasteiger partial charge is 0.243 e. The Balaban J connectivity index is 1.61. The van der Waals surface area contributed by atoms with E-state index in [0.29, 0.717) is 30.8 Å². The molecule has 0 unspecified atom stereocenters. The lowest BCUT2D eigenvalue weighted by molar-refractivity contribution is -0.126. The summed E-state index contributed by atoms with van der Waals surface area (Å²) in [6.45, 7) is 8.97. The Labute approximate surface area is 174 Å². The van der Waals surface area contributed by atoms with Crippen molar-refractivity contribution in [1.82, 2.24) is 9.62 Å². The summed E-state index contributed by atoms with van der Waals surface area (Å²) in [5, 5.41) is 3.13. The lowest BCUT2D eigenvalue weighted by Gasteiger charge is -2.31. The third kappa shape index (κ3) is 4.70. The average molecular weight is 415 g/mol. The Morgan fingerprint density at radius 2 is 1.59 bits per heavy atom. The van der Waals surface area contributed by atoms with Crippen molar-refractivity contribution in [3.05, 3.63) is 64.7 Å². The van der Waals surface area contributed by atoms with Gasteiger partial charge in [0.15, 0.2) is 0 Å². The van der Waals surface area contributed by atoms with Crippen LogP contribution in [0, 0.1) is 26.7 Å². The standard InChI is InChI=1S/C23H30N2O3S/c1-16-14-18(3)22(15-17(16)2)19(4)24-23(26)20-10-12-25(13-11-20)29(27,28)21-8-6-5-7-9-21/h5-9,14-15,19-20H,10-13H2,1-4H3,(H,24,26)/t19-/m1/s1. The molecule has 0 aromatic heterocycles. The zero-order valence-electron chi connectivity index (χ0n) is 17.6. The highest BCUT2D eigenvalue weighted by molar-refractivity contribution is 7.89. The van der Waals surface area contributed by atoms with E-state index >= 15 is 0 Å². The van der Waals surface area contributed by atoms with E-state index in [1.807, 2.05) is 6.92 Å². The van der Waals surface area contributed by atoms with Crippen molar-refractivity contribution < 1.29 is 13.2 Å². The van der Waals surface area contributed by atoms with Gasteiger partial charge in [0.05, 0.1) is 10.9 Å². The lowest BCUT2D eigenvalue weighted by Crippen LogP contribution is -2.43. The number of carbonyl (C=O) groups excluding carboxylic acids is 1. The van der Waals surface area contributed by atoms with Gasteiger partial charge >= 0.3 is 0 Å². The number of hydrogen-bond donors (Lipinski definition) is 1. The third-order valence-electron chi connectivity index (χ3n) is 5.91. The summed E-state index contributed by atoms with van der Waals surface area (Å²) in [7, 11) is -3.49. The number of carbonyl (C=O) groups is 1. The minimum absolute atomic E-state index is 0.00638. The Kier molecular flexibility index (Phi) is 6.44. The summed E-state index contributed by atoms with van der Waals surface area (Å²) in [6, 6.07) is 12.7. The van der Waals surface area contributed by atoms with Crippen molar-refractivity contribution in [1.29, 1.82) is 0 Å². The van der Waals surface area contributed by atoms with Crippen LogP contribution in [0.5, 0.6) is 0 Å². The van der Waals surface area contributed by atoms with Gasteiger partial charge in [0.2, 0.25) is 15.9 Å². The van der Waals surface area contributed by atoms with Gasteiger partial charge in [-0.05, 0) is 74.9 Å². The molecule has 29 heavy (non-hydrogen) atoms. The number of sulfonamides is 1. The topological polar surface area (TPSA) is 66.5 Å². The summed E-state index contributed by atoms with van der Waals surface area (Å²) in [5.41, 5.74) is 4.76. The lowest BCUT2D eigenvalue weighted by atomic mass is 9.94. The van der Waals surface area contributed by atoms with E-state index in [1.165, 1.54) is 21.0 Å². The molecular weight excluding hydrogens is 384 g/mol. The number of nitrogens with zero attached hydrogens (tertiary/aromatic N) is 1. The molecule has 0 spiro atoms. The summed E-state index contributed by atoms with van der Waals surface area (Å²) in [6.07, 6.45) is 1.08. The number of hydrogen-bond acceptors (Lipinski definition) is 3. The van der Waals surface area contributed by atoms with Crippen LogP contribution < -0.4 is 5.32 Å². The molecule has 5 nitrogen and oxygen atoms in total. The van der Waals surface area contributed by atoms with E-state index in [1.54, 1.807) is 30.3 Å². The first-order valence-corrected chi connectivity index (χ1v) is 11.6. The third-order valence-corrected chi connectivity index (χ3v) is 7.83. The van der Waals surface area contributed by atoms with Crippen molar-refractivity contribution in [2.45, 2.75) is 51.5 Å². The SMILES string of the molecule is Cc1cc(C)c([C@@H](C)NC(=O)C2CCN(S(=O)(=O)c3ccccc3)CC2)cc1C. The number of aryl methyl sites for hydroxylation is 3. The first-order chi connectivity index (χ1) is 13.7. The van der Waals surface area contributed by atoms with Crippen molar-refractivity contribution in [3.8, 4) is 0 Å². The molecular formula is C23H30N2O3S. The van der Waals surface area contributed by atoms with Gasteiger partial charge < -0.3 is 5.32 Å². The fraction of sp³-hybridized carbons (Fsp3) is 0.435. The molecule has 1 atom stereocenters. The van der Waals surface area contributed by atoms with Crippen LogP contribution in [0.1, 0.15) is 48.1 Å². The predicted molar refractivity (Wildman–Crippen MR) is 115 cm³/mol. The summed E-state index contributed by atoms with van der Waals surface area (Å²) < 4.78 is 27.0. The van der Waals surface area contributed by atoms with Crippen LogP contribution in [0.4, 0.5) is 0 Å². The quantitative estimate of drug-likeness (QED) is 0.807. The molecule has 0 aliphatic carbocycles. The number of piperidine rings is 1. The summed E-state index contributed by atoms with van der Waals surface area (Å²) >= 11 is 0. The van der Waals surface area contributed by atoms with Crippen LogP contribution in [0.15, 0.2) is 47.4 Å². The number of rotatable bonds is 5. The van der Waals surface area contributed by atoms with Gasteiger partial charge in [-0.15, -0.1) is 0 Å². The monoisotopic (exact) mass is 414 g/mol. The van der Waals surface area contributed by atoms with Gasteiger partial charge in [0.1, 0.15) is 0 Å². The molecule has 0 radical (unpaired) electrons. The molecule has 0 bridgehead atoms. The Morgan fingerprint density at radius 3 is 2.21 bits per heavy atom. The van der Waals surface area contributed by atoms with Gasteiger partial charge in [0, 0.05) is 19.0 Å². The number of amides is 1. The van der Waals surface area contributed by atoms with Crippen LogP contribution in [-0.4, -0.2) is 31.7 Å². The number of nitrogens with one attached hydrogen (secondary N) is 1. The molecule has 1 aliphatic heterocycles. The molecule has 1 fully saturated rings. The van der Waals surface area contributed by atoms with Crippen molar-refractivity contribution >= 4 is 15.9 Å². The summed E-state index contributed by atoms with van der Waals surface area (Å²) in [4.78, 5) is 13.1. The second kappa shape index (κ2) is 8.67. The zero-order chi connectivity index (χ0) is 21.2.